The number of primary amides is 2. The number of hydrogen-bond donors (Lipinski definition) is 2. The molecule has 0 aromatic heterocycles. The molecule has 0 radical (unpaired) electrons. The van der Waals surface area contributed by atoms with Gasteiger partial charge in [0.05, 0.1) is 11.6 Å². The van der Waals surface area contributed by atoms with Crippen molar-refractivity contribution in [2.45, 2.75) is 39.8 Å². The van der Waals surface area contributed by atoms with Gasteiger partial charge < -0.3 is 16.4 Å². The van der Waals surface area contributed by atoms with Gasteiger partial charge in [0.25, 0.3) is 5.91 Å². The molecule has 0 bridgehead atoms. The van der Waals surface area contributed by atoms with Crippen molar-refractivity contribution in [1.29, 1.82) is 0 Å². The Morgan fingerprint density at radius 3 is 2.49 bits per heavy atom. The molecule has 194 valence electrons. The lowest BCUT2D eigenvalue weighted by atomic mass is 9.97. The number of rotatable bonds is 5. The number of para-hydroxylation sites is 1. The first-order chi connectivity index (χ1) is 17.6. The number of urea groups is 1. The number of fused-ring (bicyclic) bond motifs is 1. The first kappa shape index (κ1) is 25.9. The Morgan fingerprint density at radius 1 is 1.08 bits per heavy atom. The fourth-order valence-corrected chi connectivity index (χ4v) is 5.03. The molecule has 10 heteroatoms. The average molecular weight is 505 g/mol. The Bertz CT molecular complexity index is 1290. The lowest BCUT2D eigenvalue weighted by Gasteiger charge is -2.35. The zero-order chi connectivity index (χ0) is 26.9. The van der Waals surface area contributed by atoms with Gasteiger partial charge in [-0.05, 0) is 56.9 Å². The molecule has 2 aliphatic heterocycles. The van der Waals surface area contributed by atoms with Crippen molar-refractivity contribution in [2.24, 2.45) is 22.4 Å². The van der Waals surface area contributed by atoms with Crippen molar-refractivity contribution in [3.63, 3.8) is 0 Å². The van der Waals surface area contributed by atoms with Crippen LogP contribution in [0.3, 0.4) is 0 Å². The third-order valence-electron chi connectivity index (χ3n) is 6.93. The molecule has 2 heterocycles. The molecule has 2 unspecified atom stereocenters. The third kappa shape index (κ3) is 5.18. The summed E-state index contributed by atoms with van der Waals surface area (Å²) in [7, 11) is 0. The maximum atomic E-state index is 14.1. The van der Waals surface area contributed by atoms with E-state index in [0.717, 1.165) is 16.0 Å². The van der Waals surface area contributed by atoms with Crippen LogP contribution in [0.1, 0.15) is 36.5 Å². The zero-order valence-electron chi connectivity index (χ0n) is 21.3. The number of carbonyl (C=O) groups is 4. The summed E-state index contributed by atoms with van der Waals surface area (Å²) < 4.78 is 0. The number of piperidine rings is 1. The normalized spacial score (nSPS) is 19.5. The van der Waals surface area contributed by atoms with E-state index in [1.54, 1.807) is 30.0 Å². The monoisotopic (exact) mass is 504 g/mol. The molecule has 0 aliphatic carbocycles. The van der Waals surface area contributed by atoms with Crippen molar-refractivity contribution in [2.75, 3.05) is 29.4 Å². The number of nitrogens with two attached hydrogens (primary N) is 2. The van der Waals surface area contributed by atoms with E-state index in [1.165, 1.54) is 4.90 Å². The van der Waals surface area contributed by atoms with Crippen LogP contribution in [0.2, 0.25) is 0 Å². The highest BCUT2D eigenvalue weighted by molar-refractivity contribution is 6.16. The van der Waals surface area contributed by atoms with E-state index in [1.807, 2.05) is 38.1 Å². The van der Waals surface area contributed by atoms with Crippen LogP contribution in [0.5, 0.6) is 0 Å². The Morgan fingerprint density at radius 2 is 1.81 bits per heavy atom. The number of carbonyl (C=O) groups excluding carboxylic acids is 4. The van der Waals surface area contributed by atoms with Crippen LogP contribution in [0.4, 0.5) is 16.2 Å². The topological polar surface area (TPSA) is 142 Å². The highest BCUT2D eigenvalue weighted by atomic mass is 16.2. The fourth-order valence-electron chi connectivity index (χ4n) is 5.03. The molecule has 4 rings (SSSR count). The molecule has 1 fully saturated rings. The lowest BCUT2D eigenvalue weighted by Crippen LogP contribution is -2.55. The first-order valence-electron chi connectivity index (χ1n) is 12.3. The minimum Gasteiger partial charge on any atom is -0.369 e. The van der Waals surface area contributed by atoms with Gasteiger partial charge in [-0.3, -0.25) is 29.2 Å². The standard InChI is InChI=1S/C27H32N6O4/c1-16-7-4-10-20(13-16)33(27(29)37)25-26(36)32(23-17(2)8-5-11-21(23)18(3)30-25)15-22(34)31-12-6-9-19(14-31)24(28)35/h4-5,7-8,10-11,13,19,25H,6,9,12,14-15H2,1-3H3,(H2,28,35)(H2,29,37). The molecule has 5 amide bonds. The van der Waals surface area contributed by atoms with Crippen molar-refractivity contribution in [3.8, 4) is 0 Å². The minimum absolute atomic E-state index is 0.215. The van der Waals surface area contributed by atoms with Crippen LogP contribution in [-0.4, -0.2) is 60.2 Å². The van der Waals surface area contributed by atoms with E-state index >= 15 is 0 Å². The molecular weight excluding hydrogens is 472 g/mol. The molecule has 37 heavy (non-hydrogen) atoms. The van der Waals surface area contributed by atoms with Crippen LogP contribution in [0.25, 0.3) is 0 Å². The van der Waals surface area contributed by atoms with Crippen LogP contribution >= 0.6 is 0 Å². The highest BCUT2D eigenvalue weighted by Crippen LogP contribution is 2.32. The lowest BCUT2D eigenvalue weighted by molar-refractivity contribution is -0.135. The fraction of sp³-hybridized carbons (Fsp3) is 0.370. The van der Waals surface area contributed by atoms with Gasteiger partial charge in [0.1, 0.15) is 6.54 Å². The quantitative estimate of drug-likeness (QED) is 0.643. The van der Waals surface area contributed by atoms with Gasteiger partial charge >= 0.3 is 6.03 Å². The van der Waals surface area contributed by atoms with E-state index in [2.05, 4.69) is 4.99 Å². The van der Waals surface area contributed by atoms with Gasteiger partial charge in [0, 0.05) is 30.1 Å². The van der Waals surface area contributed by atoms with Gasteiger partial charge in [-0.15, -0.1) is 0 Å². The van der Waals surface area contributed by atoms with E-state index in [-0.39, 0.29) is 19.0 Å². The number of nitrogens with zero attached hydrogens (tertiary/aromatic N) is 4. The number of benzodiazepines with no additional fused rings is 1. The number of amides is 5. The number of anilines is 2. The second-order valence-electron chi connectivity index (χ2n) is 9.61. The molecule has 0 spiro atoms. The molecule has 2 aromatic rings. The largest absolute Gasteiger partial charge is 0.369 e. The van der Waals surface area contributed by atoms with Crippen LogP contribution in [-0.2, 0) is 14.4 Å². The summed E-state index contributed by atoms with van der Waals surface area (Å²) in [6.07, 6.45) is -0.0296. The van der Waals surface area contributed by atoms with Gasteiger partial charge in [0.2, 0.25) is 18.0 Å². The molecule has 2 aromatic carbocycles. The second-order valence-corrected chi connectivity index (χ2v) is 9.61. The van der Waals surface area contributed by atoms with Crippen LogP contribution in [0.15, 0.2) is 47.5 Å². The molecular formula is C27H32N6O4. The minimum atomic E-state index is -1.31. The Labute approximate surface area is 215 Å². The third-order valence-corrected chi connectivity index (χ3v) is 6.93. The molecule has 2 aliphatic rings. The van der Waals surface area contributed by atoms with Crippen LogP contribution < -0.4 is 21.3 Å². The number of aliphatic imine (C=N–C) groups is 1. The summed E-state index contributed by atoms with van der Waals surface area (Å²) in [6, 6.07) is 11.8. The van der Waals surface area contributed by atoms with Crippen molar-refractivity contribution >= 4 is 40.8 Å². The maximum absolute atomic E-state index is 14.1. The average Bonchev–Trinajstić information content (AvgIpc) is 2.95. The summed E-state index contributed by atoms with van der Waals surface area (Å²) in [5, 5.41) is 0. The summed E-state index contributed by atoms with van der Waals surface area (Å²) >= 11 is 0. The number of likely N-dealkylation sites (tertiary alicyclic amines) is 1. The second kappa shape index (κ2) is 10.4. The molecule has 1 saturated heterocycles. The van der Waals surface area contributed by atoms with Crippen molar-refractivity contribution < 1.29 is 19.2 Å². The highest BCUT2D eigenvalue weighted by Gasteiger charge is 2.39. The van der Waals surface area contributed by atoms with E-state index in [9.17, 15) is 19.2 Å². The van der Waals surface area contributed by atoms with Gasteiger partial charge in [-0.1, -0.05) is 30.3 Å². The number of benzene rings is 2. The van der Waals surface area contributed by atoms with Gasteiger partial charge in [0.15, 0.2) is 0 Å². The predicted octanol–water partition coefficient (Wildman–Crippen LogP) is 2.09. The zero-order valence-corrected chi connectivity index (χ0v) is 21.3. The predicted molar refractivity (Wildman–Crippen MR) is 141 cm³/mol. The Hall–Kier alpha value is -4.21. The van der Waals surface area contributed by atoms with E-state index < -0.39 is 29.9 Å². The van der Waals surface area contributed by atoms with Crippen molar-refractivity contribution in [3.05, 3.63) is 59.2 Å². The Kier molecular flexibility index (Phi) is 7.28. The SMILES string of the molecule is CC1=NC(N(C(N)=O)c2cccc(C)c2)C(=O)N(CC(=O)N2CCCC(C(N)=O)C2)c2c(C)cccc21. The molecule has 4 N–H and O–H groups in total. The molecule has 2 atom stereocenters. The summed E-state index contributed by atoms with van der Waals surface area (Å²) in [6.45, 7) is 5.90. The van der Waals surface area contributed by atoms with E-state index in [4.69, 9.17) is 11.5 Å². The van der Waals surface area contributed by atoms with Gasteiger partial charge in [-0.2, -0.15) is 0 Å². The van der Waals surface area contributed by atoms with Crippen LogP contribution in [0, 0.1) is 19.8 Å². The molecule has 10 nitrogen and oxygen atoms in total. The smallest absolute Gasteiger partial charge is 0.321 e. The van der Waals surface area contributed by atoms with Crippen molar-refractivity contribution in [1.82, 2.24) is 4.90 Å². The Balaban J connectivity index is 1.76. The van der Waals surface area contributed by atoms with Gasteiger partial charge in [-0.25, -0.2) is 4.79 Å². The summed E-state index contributed by atoms with van der Waals surface area (Å²) in [4.78, 5) is 60.8. The summed E-state index contributed by atoms with van der Waals surface area (Å²) in [5.41, 5.74) is 15.1. The summed E-state index contributed by atoms with van der Waals surface area (Å²) in [5.74, 6) is -1.72. The maximum Gasteiger partial charge on any atom is 0.321 e. The number of hydrogen-bond acceptors (Lipinski definition) is 5. The number of aryl methyl sites for hydroxylation is 2. The first-order valence-corrected chi connectivity index (χ1v) is 12.3. The van der Waals surface area contributed by atoms with E-state index in [0.29, 0.717) is 42.0 Å². The molecule has 0 saturated carbocycles.